The molecule has 0 aliphatic heterocycles. The molecule has 1 heteroatoms. The first-order chi connectivity index (χ1) is 15.2. The molecule has 3 fully saturated rings. The standard InChI is InChI=1S/C31H55N/c1-8-32(9-2)25-17-19-30(6)24(21-25)13-14-26-28-16-15-27(23(5)12-10-11-22(3)4)31(28,7)20-18-29(26)30/h17,22-24,26-29H,8-16,18-21H2,1-7H3/t23-,24?,26+,27-,28+,29+,30+,31-/m1/s1. The van der Waals surface area contributed by atoms with Crippen molar-refractivity contribution in [1.29, 1.82) is 0 Å². The molecule has 184 valence electrons. The van der Waals surface area contributed by atoms with Gasteiger partial charge in [-0.15, -0.1) is 0 Å². The minimum atomic E-state index is 0.571. The van der Waals surface area contributed by atoms with Crippen LogP contribution in [0.3, 0.4) is 0 Å². The maximum atomic E-state index is 2.75. The molecule has 1 unspecified atom stereocenters. The molecule has 4 aliphatic rings. The second-order valence-electron chi connectivity index (χ2n) is 13.5. The zero-order valence-electron chi connectivity index (χ0n) is 22.8. The fourth-order valence-electron chi connectivity index (χ4n) is 9.77. The van der Waals surface area contributed by atoms with E-state index in [0.717, 1.165) is 41.4 Å². The van der Waals surface area contributed by atoms with Crippen LogP contribution in [-0.2, 0) is 0 Å². The van der Waals surface area contributed by atoms with E-state index in [4.69, 9.17) is 0 Å². The van der Waals surface area contributed by atoms with E-state index in [-0.39, 0.29) is 0 Å². The first-order valence-corrected chi connectivity index (χ1v) is 14.7. The minimum Gasteiger partial charge on any atom is -0.376 e. The maximum Gasteiger partial charge on any atom is 0.0146 e. The number of nitrogens with zero attached hydrogens (tertiary/aromatic N) is 1. The van der Waals surface area contributed by atoms with Crippen molar-refractivity contribution in [3.8, 4) is 0 Å². The molecule has 8 atom stereocenters. The lowest BCUT2D eigenvalue weighted by atomic mass is 9.45. The van der Waals surface area contributed by atoms with Crippen molar-refractivity contribution in [2.45, 2.75) is 119 Å². The van der Waals surface area contributed by atoms with Crippen LogP contribution in [-0.4, -0.2) is 18.0 Å². The number of rotatable bonds is 8. The van der Waals surface area contributed by atoms with Gasteiger partial charge in [-0.25, -0.2) is 0 Å². The van der Waals surface area contributed by atoms with Crippen LogP contribution >= 0.6 is 0 Å². The zero-order valence-corrected chi connectivity index (χ0v) is 22.8. The fraction of sp³-hybridized carbons (Fsp3) is 0.935. The van der Waals surface area contributed by atoms with Gasteiger partial charge in [-0.2, -0.15) is 0 Å². The molecule has 0 N–H and O–H groups in total. The molecule has 0 amide bonds. The van der Waals surface area contributed by atoms with Crippen LogP contribution in [0.4, 0.5) is 0 Å². The average molecular weight is 442 g/mol. The summed E-state index contributed by atoms with van der Waals surface area (Å²) in [4.78, 5) is 2.63. The molecule has 0 aromatic carbocycles. The Hall–Kier alpha value is -0.460. The number of allylic oxidation sites excluding steroid dienone is 2. The van der Waals surface area contributed by atoms with E-state index in [2.05, 4.69) is 59.4 Å². The van der Waals surface area contributed by atoms with Crippen LogP contribution in [0.5, 0.6) is 0 Å². The third-order valence-electron chi connectivity index (χ3n) is 11.7. The van der Waals surface area contributed by atoms with Crippen LogP contribution in [0.1, 0.15) is 119 Å². The van der Waals surface area contributed by atoms with Crippen molar-refractivity contribution < 1.29 is 0 Å². The molecule has 1 nitrogen and oxygen atoms in total. The summed E-state index contributed by atoms with van der Waals surface area (Å²) in [6.45, 7) is 19.9. The molecule has 0 spiro atoms. The topological polar surface area (TPSA) is 3.24 Å². The van der Waals surface area contributed by atoms with Gasteiger partial charge in [0, 0.05) is 18.8 Å². The van der Waals surface area contributed by atoms with Gasteiger partial charge in [0.25, 0.3) is 0 Å². The summed E-state index contributed by atoms with van der Waals surface area (Å²) in [5, 5.41) is 0. The average Bonchev–Trinajstić information content (AvgIpc) is 3.11. The molecule has 0 radical (unpaired) electrons. The summed E-state index contributed by atoms with van der Waals surface area (Å²) in [6, 6.07) is 0. The van der Waals surface area contributed by atoms with Crippen LogP contribution in [0, 0.1) is 52.3 Å². The van der Waals surface area contributed by atoms with E-state index in [1.165, 1.54) is 83.7 Å². The zero-order chi connectivity index (χ0) is 23.1. The van der Waals surface area contributed by atoms with E-state index >= 15 is 0 Å². The van der Waals surface area contributed by atoms with Crippen molar-refractivity contribution in [1.82, 2.24) is 4.90 Å². The van der Waals surface area contributed by atoms with Crippen molar-refractivity contribution in [3.05, 3.63) is 11.8 Å². The van der Waals surface area contributed by atoms with Crippen LogP contribution in [0.25, 0.3) is 0 Å². The van der Waals surface area contributed by atoms with E-state index in [9.17, 15) is 0 Å². The van der Waals surface area contributed by atoms with Crippen molar-refractivity contribution in [2.24, 2.45) is 52.3 Å². The summed E-state index contributed by atoms with van der Waals surface area (Å²) < 4.78 is 0. The molecule has 32 heavy (non-hydrogen) atoms. The molecule has 4 aliphatic carbocycles. The predicted molar refractivity (Wildman–Crippen MR) is 139 cm³/mol. The second-order valence-corrected chi connectivity index (χ2v) is 13.5. The molecule has 0 saturated heterocycles. The summed E-state index contributed by atoms with van der Waals surface area (Å²) in [5.41, 5.74) is 2.88. The predicted octanol–water partition coefficient (Wildman–Crippen LogP) is 8.94. The second kappa shape index (κ2) is 9.65. The molecule has 0 aromatic rings. The highest BCUT2D eigenvalue weighted by molar-refractivity contribution is 5.17. The third-order valence-corrected chi connectivity index (χ3v) is 11.7. The molecular formula is C31H55N. The lowest BCUT2D eigenvalue weighted by Crippen LogP contribution is -2.53. The Bertz CT molecular complexity index is 659. The van der Waals surface area contributed by atoms with Crippen LogP contribution in [0.15, 0.2) is 11.8 Å². The van der Waals surface area contributed by atoms with Crippen molar-refractivity contribution in [3.63, 3.8) is 0 Å². The first kappa shape index (κ1) is 24.7. The van der Waals surface area contributed by atoms with Gasteiger partial charge in [0.2, 0.25) is 0 Å². The maximum absolute atomic E-state index is 2.75. The Balaban J connectivity index is 1.47. The normalized spacial score (nSPS) is 42.1. The number of hydrogen-bond donors (Lipinski definition) is 0. The largest absolute Gasteiger partial charge is 0.376 e. The number of fused-ring (bicyclic) bond motifs is 5. The summed E-state index contributed by atoms with van der Waals surface area (Å²) in [7, 11) is 0. The smallest absolute Gasteiger partial charge is 0.0146 e. The van der Waals surface area contributed by atoms with Crippen LogP contribution in [0.2, 0.25) is 0 Å². The quantitative estimate of drug-likeness (QED) is 0.363. The fourth-order valence-corrected chi connectivity index (χ4v) is 9.77. The molecule has 0 bridgehead atoms. The Kier molecular flexibility index (Phi) is 7.44. The summed E-state index contributed by atoms with van der Waals surface area (Å²) in [5.74, 6) is 6.75. The molecular weight excluding hydrogens is 386 g/mol. The number of hydrogen-bond acceptors (Lipinski definition) is 1. The van der Waals surface area contributed by atoms with E-state index < -0.39 is 0 Å². The van der Waals surface area contributed by atoms with Gasteiger partial charge >= 0.3 is 0 Å². The van der Waals surface area contributed by atoms with E-state index in [1.54, 1.807) is 5.70 Å². The third kappa shape index (κ3) is 4.22. The van der Waals surface area contributed by atoms with E-state index in [1.807, 2.05) is 0 Å². The Labute approximate surface area is 201 Å². The van der Waals surface area contributed by atoms with Crippen molar-refractivity contribution >= 4 is 0 Å². The SMILES string of the molecule is CCN(CC)C1=CC[C@@]2(C)C(CC[C@H]3[C@@H]4CC[C@H]([C@H](C)CCCC(C)C)[C@@]4(C)CC[C@@H]32)C1. The van der Waals surface area contributed by atoms with Crippen molar-refractivity contribution in [2.75, 3.05) is 13.1 Å². The van der Waals surface area contributed by atoms with Gasteiger partial charge in [-0.1, -0.05) is 60.0 Å². The highest BCUT2D eigenvalue weighted by Crippen LogP contribution is 2.68. The summed E-state index contributed by atoms with van der Waals surface area (Å²) >= 11 is 0. The monoisotopic (exact) mass is 441 g/mol. The van der Waals surface area contributed by atoms with Gasteiger partial charge in [0.1, 0.15) is 0 Å². The lowest BCUT2D eigenvalue weighted by molar-refractivity contribution is -0.103. The Morgan fingerprint density at radius 2 is 1.62 bits per heavy atom. The van der Waals surface area contributed by atoms with Gasteiger partial charge < -0.3 is 4.90 Å². The Morgan fingerprint density at radius 3 is 2.31 bits per heavy atom. The molecule has 0 aromatic heterocycles. The molecule has 4 rings (SSSR count). The van der Waals surface area contributed by atoms with Gasteiger partial charge in [-0.3, -0.25) is 0 Å². The van der Waals surface area contributed by atoms with Gasteiger partial charge in [0.05, 0.1) is 0 Å². The summed E-state index contributed by atoms with van der Waals surface area (Å²) in [6.07, 6.45) is 18.9. The highest BCUT2D eigenvalue weighted by atomic mass is 15.1. The van der Waals surface area contributed by atoms with E-state index in [0.29, 0.717) is 10.8 Å². The van der Waals surface area contributed by atoms with Gasteiger partial charge in [0.15, 0.2) is 0 Å². The first-order valence-electron chi connectivity index (χ1n) is 14.7. The van der Waals surface area contributed by atoms with Gasteiger partial charge in [-0.05, 0) is 117 Å². The highest BCUT2D eigenvalue weighted by Gasteiger charge is 2.60. The Morgan fingerprint density at radius 1 is 0.906 bits per heavy atom. The minimum absolute atomic E-state index is 0.571. The molecule has 3 saturated carbocycles. The van der Waals surface area contributed by atoms with Crippen LogP contribution < -0.4 is 0 Å². The lowest BCUT2D eigenvalue weighted by Gasteiger charge is -2.60. The molecule has 0 heterocycles.